The summed E-state index contributed by atoms with van der Waals surface area (Å²) < 4.78 is 9.11. The number of thioether (sulfide) groups is 1. The monoisotopic (exact) mass is 381 g/mol. The van der Waals surface area contributed by atoms with Gasteiger partial charge in [-0.25, -0.2) is 0 Å². The third kappa shape index (κ3) is 3.91. The summed E-state index contributed by atoms with van der Waals surface area (Å²) in [4.78, 5) is 0. The highest BCUT2D eigenvalue weighted by molar-refractivity contribution is 9.10. The molecule has 1 aliphatic rings. The van der Waals surface area contributed by atoms with Crippen molar-refractivity contribution in [2.45, 2.75) is 49.7 Å². The number of hydrogen-bond acceptors (Lipinski definition) is 4. The quantitative estimate of drug-likeness (QED) is 0.706. The average Bonchev–Trinajstić information content (AvgIpc) is 3.16. The van der Waals surface area contributed by atoms with Crippen LogP contribution < -0.4 is 0 Å². The Hall–Kier alpha value is -0.850. The minimum Gasteiger partial charge on any atom is -0.376 e. The Balaban J connectivity index is 1.71. The highest BCUT2D eigenvalue weighted by Crippen LogP contribution is 2.25. The summed E-state index contributed by atoms with van der Waals surface area (Å²) >= 11 is 5.26. The largest absolute Gasteiger partial charge is 0.376 e. The SMILES string of the molecule is CCc1nnc(SCc2cccc(Br)c2)n1CC1CCCO1. The van der Waals surface area contributed by atoms with E-state index in [0.717, 1.165) is 53.6 Å². The first-order valence-corrected chi connectivity index (χ1v) is 9.45. The Bertz CT molecular complexity index is 626. The van der Waals surface area contributed by atoms with Crippen LogP contribution in [-0.4, -0.2) is 27.5 Å². The molecular formula is C16H20BrN3OS. The van der Waals surface area contributed by atoms with Gasteiger partial charge in [-0.1, -0.05) is 46.7 Å². The third-order valence-electron chi connectivity index (χ3n) is 3.78. The summed E-state index contributed by atoms with van der Waals surface area (Å²) in [5.74, 6) is 1.94. The normalized spacial score (nSPS) is 18.0. The molecule has 1 aromatic heterocycles. The van der Waals surface area contributed by atoms with Crippen LogP contribution in [0.2, 0.25) is 0 Å². The van der Waals surface area contributed by atoms with Crippen molar-refractivity contribution in [3.8, 4) is 0 Å². The minimum atomic E-state index is 0.312. The Kier molecular flexibility index (Phi) is 5.55. The van der Waals surface area contributed by atoms with Gasteiger partial charge in [-0.15, -0.1) is 10.2 Å². The van der Waals surface area contributed by atoms with Gasteiger partial charge < -0.3 is 9.30 Å². The van der Waals surface area contributed by atoms with Crippen LogP contribution in [0.1, 0.15) is 31.2 Å². The lowest BCUT2D eigenvalue weighted by Gasteiger charge is -2.14. The molecule has 1 aliphatic heterocycles. The van der Waals surface area contributed by atoms with Crippen LogP contribution in [0.5, 0.6) is 0 Å². The molecule has 2 heterocycles. The molecule has 1 atom stereocenters. The van der Waals surface area contributed by atoms with Crippen LogP contribution in [0.3, 0.4) is 0 Å². The molecule has 0 spiro atoms. The highest BCUT2D eigenvalue weighted by atomic mass is 79.9. The van der Waals surface area contributed by atoms with E-state index in [4.69, 9.17) is 4.74 Å². The number of aryl methyl sites for hydroxylation is 1. The molecule has 0 saturated carbocycles. The molecule has 0 aliphatic carbocycles. The molecule has 3 rings (SSSR count). The van der Waals surface area contributed by atoms with Crippen LogP contribution in [-0.2, 0) is 23.5 Å². The fourth-order valence-corrected chi connectivity index (χ4v) is 3.99. The molecule has 1 unspecified atom stereocenters. The zero-order valence-electron chi connectivity index (χ0n) is 12.7. The van der Waals surface area contributed by atoms with Crippen molar-refractivity contribution in [2.75, 3.05) is 6.61 Å². The predicted octanol–water partition coefficient (Wildman–Crippen LogP) is 4.07. The van der Waals surface area contributed by atoms with E-state index >= 15 is 0 Å². The first-order valence-electron chi connectivity index (χ1n) is 7.67. The summed E-state index contributed by atoms with van der Waals surface area (Å²) in [6.45, 7) is 3.88. The highest BCUT2D eigenvalue weighted by Gasteiger charge is 2.20. The standard InChI is InChI=1S/C16H20BrN3OS/c1-2-15-18-19-16(20(15)10-14-7-4-8-21-14)22-11-12-5-3-6-13(17)9-12/h3,5-6,9,14H,2,4,7-8,10-11H2,1H3. The van der Waals surface area contributed by atoms with Crippen molar-refractivity contribution in [3.05, 3.63) is 40.1 Å². The molecule has 1 fully saturated rings. The molecule has 22 heavy (non-hydrogen) atoms. The molecule has 0 bridgehead atoms. The zero-order valence-corrected chi connectivity index (χ0v) is 15.1. The predicted molar refractivity (Wildman–Crippen MR) is 92.1 cm³/mol. The molecule has 0 N–H and O–H groups in total. The van der Waals surface area contributed by atoms with Gasteiger partial charge in [-0.3, -0.25) is 0 Å². The Morgan fingerprint density at radius 1 is 1.41 bits per heavy atom. The van der Waals surface area contributed by atoms with Crippen LogP contribution in [0.15, 0.2) is 33.9 Å². The summed E-state index contributed by atoms with van der Waals surface area (Å²) in [5.41, 5.74) is 1.28. The molecule has 1 aromatic carbocycles. The maximum atomic E-state index is 5.77. The van der Waals surface area contributed by atoms with E-state index in [1.165, 1.54) is 5.56 Å². The van der Waals surface area contributed by atoms with Crippen molar-refractivity contribution in [1.29, 1.82) is 0 Å². The smallest absolute Gasteiger partial charge is 0.191 e. The molecule has 2 aromatic rings. The molecule has 6 heteroatoms. The van der Waals surface area contributed by atoms with Gasteiger partial charge in [0.2, 0.25) is 0 Å². The van der Waals surface area contributed by atoms with Crippen LogP contribution >= 0.6 is 27.7 Å². The van der Waals surface area contributed by atoms with Crippen molar-refractivity contribution in [1.82, 2.24) is 14.8 Å². The Morgan fingerprint density at radius 2 is 2.32 bits per heavy atom. The third-order valence-corrected chi connectivity index (χ3v) is 5.31. The van der Waals surface area contributed by atoms with Crippen LogP contribution in [0, 0.1) is 0 Å². The second-order valence-electron chi connectivity index (χ2n) is 5.42. The maximum Gasteiger partial charge on any atom is 0.191 e. The van der Waals surface area contributed by atoms with E-state index in [1.54, 1.807) is 11.8 Å². The van der Waals surface area contributed by atoms with Gasteiger partial charge in [0.15, 0.2) is 5.16 Å². The zero-order chi connectivity index (χ0) is 15.4. The number of halogens is 1. The molecule has 0 radical (unpaired) electrons. The van der Waals surface area contributed by atoms with Crippen LogP contribution in [0.25, 0.3) is 0 Å². The first-order chi connectivity index (χ1) is 10.8. The number of rotatable bonds is 6. The topological polar surface area (TPSA) is 39.9 Å². The lowest BCUT2D eigenvalue weighted by Crippen LogP contribution is -2.17. The summed E-state index contributed by atoms with van der Waals surface area (Å²) in [6.07, 6.45) is 3.51. The van der Waals surface area contributed by atoms with E-state index in [1.807, 2.05) is 6.07 Å². The number of hydrogen-bond donors (Lipinski definition) is 0. The van der Waals surface area contributed by atoms with Gasteiger partial charge in [0.25, 0.3) is 0 Å². The van der Waals surface area contributed by atoms with Gasteiger partial charge in [-0.2, -0.15) is 0 Å². The van der Waals surface area contributed by atoms with Gasteiger partial charge in [0.1, 0.15) is 5.82 Å². The lowest BCUT2D eigenvalue weighted by molar-refractivity contribution is 0.0942. The minimum absolute atomic E-state index is 0.312. The number of nitrogens with zero attached hydrogens (tertiary/aromatic N) is 3. The lowest BCUT2D eigenvalue weighted by atomic mass is 10.2. The van der Waals surface area contributed by atoms with E-state index in [2.05, 4.69) is 55.8 Å². The fourth-order valence-electron chi connectivity index (χ4n) is 2.64. The summed E-state index contributed by atoms with van der Waals surface area (Å²) in [5, 5.41) is 9.70. The fraction of sp³-hybridized carbons (Fsp3) is 0.500. The Morgan fingerprint density at radius 3 is 3.05 bits per heavy atom. The number of benzene rings is 1. The average molecular weight is 382 g/mol. The Labute approximate surface area is 143 Å². The van der Waals surface area contributed by atoms with Crippen LogP contribution in [0.4, 0.5) is 0 Å². The van der Waals surface area contributed by atoms with Gasteiger partial charge in [0.05, 0.1) is 12.6 Å². The summed E-state index contributed by atoms with van der Waals surface area (Å²) in [6, 6.07) is 8.39. The summed E-state index contributed by atoms with van der Waals surface area (Å²) in [7, 11) is 0. The second-order valence-corrected chi connectivity index (χ2v) is 7.27. The molecule has 4 nitrogen and oxygen atoms in total. The number of ether oxygens (including phenoxy) is 1. The van der Waals surface area contributed by atoms with Crippen molar-refractivity contribution in [3.63, 3.8) is 0 Å². The van der Waals surface area contributed by atoms with Crippen molar-refractivity contribution < 1.29 is 4.74 Å². The van der Waals surface area contributed by atoms with Crippen molar-refractivity contribution >= 4 is 27.7 Å². The molecular weight excluding hydrogens is 362 g/mol. The maximum absolute atomic E-state index is 5.77. The van der Waals surface area contributed by atoms with Crippen molar-refractivity contribution in [2.24, 2.45) is 0 Å². The van der Waals surface area contributed by atoms with E-state index in [-0.39, 0.29) is 0 Å². The van der Waals surface area contributed by atoms with Gasteiger partial charge in [-0.05, 0) is 30.5 Å². The van der Waals surface area contributed by atoms with Gasteiger partial charge in [0, 0.05) is 23.3 Å². The van der Waals surface area contributed by atoms with E-state index in [9.17, 15) is 0 Å². The van der Waals surface area contributed by atoms with E-state index < -0.39 is 0 Å². The van der Waals surface area contributed by atoms with E-state index in [0.29, 0.717) is 6.10 Å². The molecule has 0 amide bonds. The second kappa shape index (κ2) is 7.62. The van der Waals surface area contributed by atoms with Gasteiger partial charge >= 0.3 is 0 Å². The molecule has 118 valence electrons. The number of aromatic nitrogens is 3. The molecule has 1 saturated heterocycles. The first kappa shape index (κ1) is 16.0.